The molecular formula is C19H23N5OS. The third-order valence-electron chi connectivity index (χ3n) is 3.97. The van der Waals surface area contributed by atoms with Gasteiger partial charge in [-0.3, -0.25) is 9.47 Å². The van der Waals surface area contributed by atoms with Crippen LogP contribution in [-0.4, -0.2) is 31.2 Å². The first-order chi connectivity index (χ1) is 12.6. The number of anilines is 1. The van der Waals surface area contributed by atoms with E-state index in [1.807, 2.05) is 65.9 Å². The summed E-state index contributed by atoms with van der Waals surface area (Å²) in [5.41, 5.74) is 3.03. The second-order valence-electron chi connectivity index (χ2n) is 6.18. The van der Waals surface area contributed by atoms with E-state index in [9.17, 15) is 4.79 Å². The molecule has 0 aliphatic rings. The number of benzene rings is 1. The Kier molecular flexibility index (Phi) is 5.78. The van der Waals surface area contributed by atoms with E-state index in [1.54, 1.807) is 0 Å². The molecule has 0 saturated carbocycles. The maximum atomic E-state index is 12.4. The summed E-state index contributed by atoms with van der Waals surface area (Å²) < 4.78 is 3.90. The van der Waals surface area contributed by atoms with Gasteiger partial charge in [0.1, 0.15) is 0 Å². The summed E-state index contributed by atoms with van der Waals surface area (Å²) in [6.45, 7) is 6.11. The third kappa shape index (κ3) is 4.16. The van der Waals surface area contributed by atoms with Gasteiger partial charge in [0.25, 0.3) is 0 Å². The van der Waals surface area contributed by atoms with Crippen LogP contribution >= 0.6 is 11.8 Å². The van der Waals surface area contributed by atoms with Gasteiger partial charge in [-0.25, -0.2) is 4.68 Å². The molecule has 1 amide bonds. The van der Waals surface area contributed by atoms with E-state index in [0.717, 1.165) is 35.5 Å². The maximum Gasteiger partial charge on any atom is 0.234 e. The van der Waals surface area contributed by atoms with Gasteiger partial charge < -0.3 is 5.32 Å². The molecule has 0 aliphatic carbocycles. The maximum absolute atomic E-state index is 12.4. The molecule has 0 spiro atoms. The van der Waals surface area contributed by atoms with Crippen molar-refractivity contribution in [2.75, 3.05) is 11.1 Å². The predicted octanol–water partition coefficient (Wildman–Crippen LogP) is 3.69. The monoisotopic (exact) mass is 369 g/mol. The first kappa shape index (κ1) is 18.3. The Morgan fingerprint density at radius 1 is 1.19 bits per heavy atom. The lowest BCUT2D eigenvalue weighted by Crippen LogP contribution is -2.17. The minimum absolute atomic E-state index is 0.0530. The Morgan fingerprint density at radius 3 is 2.69 bits per heavy atom. The van der Waals surface area contributed by atoms with Gasteiger partial charge in [0, 0.05) is 24.5 Å². The quantitative estimate of drug-likeness (QED) is 0.645. The number of hydrogen-bond donors (Lipinski definition) is 1. The topological polar surface area (TPSA) is 64.7 Å². The van der Waals surface area contributed by atoms with E-state index in [1.165, 1.54) is 11.8 Å². The van der Waals surface area contributed by atoms with Crippen LogP contribution in [0.5, 0.6) is 0 Å². The number of aryl methyl sites for hydroxylation is 3. The first-order valence-corrected chi connectivity index (χ1v) is 9.65. The second-order valence-corrected chi connectivity index (χ2v) is 7.12. The van der Waals surface area contributed by atoms with Gasteiger partial charge in [-0.05, 0) is 49.6 Å². The lowest BCUT2D eigenvalue weighted by molar-refractivity contribution is -0.113. The van der Waals surface area contributed by atoms with Gasteiger partial charge in [-0.1, -0.05) is 30.8 Å². The van der Waals surface area contributed by atoms with Crippen LogP contribution in [0.15, 0.2) is 47.9 Å². The van der Waals surface area contributed by atoms with Gasteiger partial charge in [0.05, 0.1) is 5.75 Å². The lowest BCUT2D eigenvalue weighted by atomic mass is 10.1. The molecular weight excluding hydrogens is 346 g/mol. The molecule has 26 heavy (non-hydrogen) atoms. The zero-order valence-electron chi connectivity index (χ0n) is 15.3. The number of nitrogens with zero attached hydrogens (tertiary/aromatic N) is 4. The molecule has 2 aromatic heterocycles. The van der Waals surface area contributed by atoms with E-state index >= 15 is 0 Å². The molecule has 0 fully saturated rings. The molecule has 0 aliphatic heterocycles. The SMILES string of the molecule is CCCc1nnc(SCC(=O)Nc2cc(C)ccc2C)n1-n1cccc1. The van der Waals surface area contributed by atoms with Gasteiger partial charge >= 0.3 is 0 Å². The molecule has 3 aromatic rings. The highest BCUT2D eigenvalue weighted by molar-refractivity contribution is 7.99. The van der Waals surface area contributed by atoms with Gasteiger partial charge in [-0.15, -0.1) is 10.2 Å². The molecule has 1 aromatic carbocycles. The van der Waals surface area contributed by atoms with E-state index in [0.29, 0.717) is 5.16 Å². The molecule has 0 radical (unpaired) electrons. The molecule has 2 heterocycles. The summed E-state index contributed by atoms with van der Waals surface area (Å²) in [6, 6.07) is 9.95. The van der Waals surface area contributed by atoms with Crippen molar-refractivity contribution in [1.82, 2.24) is 19.5 Å². The summed E-state index contributed by atoms with van der Waals surface area (Å²) in [7, 11) is 0. The number of carbonyl (C=O) groups excluding carboxylic acids is 1. The summed E-state index contributed by atoms with van der Waals surface area (Å²) in [4.78, 5) is 12.4. The summed E-state index contributed by atoms with van der Waals surface area (Å²) in [5.74, 6) is 1.11. The fraction of sp³-hybridized carbons (Fsp3) is 0.316. The van der Waals surface area contributed by atoms with Gasteiger partial charge in [-0.2, -0.15) is 0 Å². The third-order valence-corrected chi connectivity index (χ3v) is 4.89. The second kappa shape index (κ2) is 8.23. The standard InChI is InChI=1S/C19H23N5OS/c1-4-7-17-21-22-19(24(17)23-10-5-6-11-23)26-13-18(25)20-16-12-14(2)8-9-15(16)3/h5-6,8-12H,4,7,13H2,1-3H3,(H,20,25). The lowest BCUT2D eigenvalue weighted by Gasteiger charge is -2.11. The predicted molar refractivity (Wildman–Crippen MR) is 105 cm³/mol. The van der Waals surface area contributed by atoms with Crippen LogP contribution in [0, 0.1) is 13.8 Å². The Balaban J connectivity index is 1.71. The normalized spacial score (nSPS) is 10.9. The molecule has 0 atom stereocenters. The van der Waals surface area contributed by atoms with Crippen molar-refractivity contribution >= 4 is 23.4 Å². The Hall–Kier alpha value is -2.54. The van der Waals surface area contributed by atoms with E-state index < -0.39 is 0 Å². The summed E-state index contributed by atoms with van der Waals surface area (Å²) >= 11 is 1.39. The smallest absolute Gasteiger partial charge is 0.234 e. The Labute approximate surface area is 157 Å². The van der Waals surface area contributed by atoms with Gasteiger partial charge in [0.15, 0.2) is 5.82 Å². The molecule has 6 nitrogen and oxygen atoms in total. The zero-order chi connectivity index (χ0) is 18.5. The van der Waals surface area contributed by atoms with Crippen LogP contribution < -0.4 is 5.32 Å². The number of carbonyl (C=O) groups is 1. The van der Waals surface area contributed by atoms with E-state index in [2.05, 4.69) is 22.4 Å². The van der Waals surface area contributed by atoms with Crippen LogP contribution in [-0.2, 0) is 11.2 Å². The molecule has 0 bridgehead atoms. The molecule has 3 rings (SSSR count). The molecule has 7 heteroatoms. The highest BCUT2D eigenvalue weighted by atomic mass is 32.2. The average molecular weight is 369 g/mol. The molecule has 0 saturated heterocycles. The number of amides is 1. The fourth-order valence-corrected chi connectivity index (χ4v) is 3.40. The highest BCUT2D eigenvalue weighted by Crippen LogP contribution is 2.20. The van der Waals surface area contributed by atoms with Crippen LogP contribution in [0.25, 0.3) is 0 Å². The van der Waals surface area contributed by atoms with Gasteiger partial charge in [0.2, 0.25) is 11.1 Å². The van der Waals surface area contributed by atoms with E-state index in [-0.39, 0.29) is 11.7 Å². The van der Waals surface area contributed by atoms with Crippen molar-refractivity contribution in [3.63, 3.8) is 0 Å². The Bertz CT molecular complexity index is 885. The van der Waals surface area contributed by atoms with Crippen LogP contribution in [0.1, 0.15) is 30.3 Å². The van der Waals surface area contributed by atoms with Crippen molar-refractivity contribution in [3.05, 3.63) is 59.7 Å². The fourth-order valence-electron chi connectivity index (χ4n) is 2.64. The number of thioether (sulfide) groups is 1. The van der Waals surface area contributed by atoms with E-state index in [4.69, 9.17) is 0 Å². The number of rotatable bonds is 7. The van der Waals surface area contributed by atoms with Crippen molar-refractivity contribution < 1.29 is 4.79 Å². The van der Waals surface area contributed by atoms with Crippen LogP contribution in [0.4, 0.5) is 5.69 Å². The zero-order valence-corrected chi connectivity index (χ0v) is 16.1. The molecule has 0 unspecified atom stereocenters. The van der Waals surface area contributed by atoms with Crippen molar-refractivity contribution in [2.24, 2.45) is 0 Å². The largest absolute Gasteiger partial charge is 0.325 e. The number of nitrogens with one attached hydrogen (secondary N) is 1. The summed E-state index contributed by atoms with van der Waals surface area (Å²) in [5, 5.41) is 12.3. The first-order valence-electron chi connectivity index (χ1n) is 8.66. The van der Waals surface area contributed by atoms with Crippen LogP contribution in [0.3, 0.4) is 0 Å². The minimum atomic E-state index is -0.0530. The molecule has 1 N–H and O–H groups in total. The van der Waals surface area contributed by atoms with Crippen molar-refractivity contribution in [1.29, 1.82) is 0 Å². The highest BCUT2D eigenvalue weighted by Gasteiger charge is 2.15. The minimum Gasteiger partial charge on any atom is -0.325 e. The summed E-state index contributed by atoms with van der Waals surface area (Å²) in [6.07, 6.45) is 5.71. The van der Waals surface area contributed by atoms with Crippen molar-refractivity contribution in [2.45, 2.75) is 38.8 Å². The number of hydrogen-bond acceptors (Lipinski definition) is 4. The average Bonchev–Trinajstić information content (AvgIpc) is 3.26. The van der Waals surface area contributed by atoms with Crippen LogP contribution in [0.2, 0.25) is 0 Å². The van der Waals surface area contributed by atoms with Crippen molar-refractivity contribution in [3.8, 4) is 0 Å². The number of aromatic nitrogens is 4. The Morgan fingerprint density at radius 2 is 1.96 bits per heavy atom. The molecule has 136 valence electrons.